The molecular formula is C21H22F2N2O5S2. The van der Waals surface area contributed by atoms with Crippen molar-refractivity contribution in [3.05, 3.63) is 54.1 Å². The van der Waals surface area contributed by atoms with Gasteiger partial charge in [-0.05, 0) is 37.1 Å². The molecule has 0 aliphatic carbocycles. The van der Waals surface area contributed by atoms with Gasteiger partial charge in [0.05, 0.1) is 23.3 Å². The minimum Gasteiger partial charge on any atom is -0.465 e. The van der Waals surface area contributed by atoms with E-state index in [1.807, 2.05) is 0 Å². The van der Waals surface area contributed by atoms with Crippen LogP contribution in [0.4, 0.5) is 14.5 Å². The Balaban J connectivity index is 1.68. The smallest absolute Gasteiger partial charge is 0.339 e. The number of hydrogen-bond donors (Lipinski definition) is 1. The summed E-state index contributed by atoms with van der Waals surface area (Å²) in [5.74, 6) is -4.19. The number of esters is 1. The number of amides is 1. The van der Waals surface area contributed by atoms with Crippen LogP contribution in [0.25, 0.3) is 0 Å². The Kier molecular flexibility index (Phi) is 7.86. The Bertz CT molecular complexity index is 1090. The number of benzene rings is 2. The molecular weight excluding hydrogens is 462 g/mol. The van der Waals surface area contributed by atoms with Gasteiger partial charge in [-0.2, -0.15) is 13.1 Å². The van der Waals surface area contributed by atoms with Crippen LogP contribution in [0.5, 0.6) is 0 Å². The van der Waals surface area contributed by atoms with Gasteiger partial charge in [-0.25, -0.2) is 13.2 Å². The minimum atomic E-state index is -3.96. The maximum atomic E-state index is 13.1. The van der Waals surface area contributed by atoms with Gasteiger partial charge in [0, 0.05) is 23.9 Å². The molecule has 0 radical (unpaired) electrons. The number of rotatable bonds is 7. The van der Waals surface area contributed by atoms with E-state index in [9.17, 15) is 26.8 Å². The average Bonchev–Trinajstić information content (AvgIpc) is 2.79. The molecule has 0 unspecified atom stereocenters. The Labute approximate surface area is 189 Å². The fourth-order valence-electron chi connectivity index (χ4n) is 3.47. The van der Waals surface area contributed by atoms with Crippen LogP contribution >= 0.6 is 11.8 Å². The van der Waals surface area contributed by atoms with Crippen molar-refractivity contribution in [1.82, 2.24) is 4.31 Å². The second kappa shape index (κ2) is 10.4. The highest BCUT2D eigenvalue weighted by Gasteiger charge is 2.34. The SMILES string of the molecule is COC(=O)c1ccccc1S(=O)(=O)N1CCC(C(=O)Nc2ccccc2SC(F)F)CC1. The molecule has 3 rings (SSSR count). The van der Waals surface area contributed by atoms with Gasteiger partial charge in [-0.1, -0.05) is 36.0 Å². The summed E-state index contributed by atoms with van der Waals surface area (Å²) >= 11 is 0.347. The number of hydrogen-bond acceptors (Lipinski definition) is 6. The van der Waals surface area contributed by atoms with Crippen molar-refractivity contribution in [3.63, 3.8) is 0 Å². The molecule has 172 valence electrons. The first-order chi connectivity index (χ1) is 15.2. The number of thioether (sulfide) groups is 1. The maximum absolute atomic E-state index is 13.1. The number of carbonyl (C=O) groups is 2. The molecule has 1 saturated heterocycles. The molecule has 0 atom stereocenters. The molecule has 1 aliphatic heterocycles. The van der Waals surface area contributed by atoms with Crippen molar-refractivity contribution >= 4 is 39.3 Å². The first-order valence-electron chi connectivity index (χ1n) is 9.76. The number of alkyl halides is 2. The normalized spacial score (nSPS) is 15.5. The van der Waals surface area contributed by atoms with Gasteiger partial charge in [0.2, 0.25) is 15.9 Å². The lowest BCUT2D eigenvalue weighted by atomic mass is 9.97. The zero-order valence-corrected chi connectivity index (χ0v) is 18.8. The van der Waals surface area contributed by atoms with Crippen LogP contribution in [0.3, 0.4) is 0 Å². The van der Waals surface area contributed by atoms with Crippen molar-refractivity contribution < 1.29 is 31.5 Å². The zero-order valence-electron chi connectivity index (χ0n) is 17.2. The van der Waals surface area contributed by atoms with Gasteiger partial charge in [0.1, 0.15) is 0 Å². The van der Waals surface area contributed by atoms with E-state index in [-0.39, 0.29) is 47.2 Å². The summed E-state index contributed by atoms with van der Waals surface area (Å²) in [5, 5.41) is 2.68. The minimum absolute atomic E-state index is 0.0528. The number of nitrogens with zero attached hydrogens (tertiary/aromatic N) is 1. The van der Waals surface area contributed by atoms with Crippen molar-refractivity contribution in [2.75, 3.05) is 25.5 Å². The van der Waals surface area contributed by atoms with E-state index in [4.69, 9.17) is 0 Å². The van der Waals surface area contributed by atoms with E-state index < -0.39 is 27.7 Å². The van der Waals surface area contributed by atoms with Crippen molar-refractivity contribution in [1.29, 1.82) is 0 Å². The van der Waals surface area contributed by atoms with Gasteiger partial charge in [-0.15, -0.1) is 0 Å². The topological polar surface area (TPSA) is 92.8 Å². The highest BCUT2D eigenvalue weighted by atomic mass is 32.2. The summed E-state index contributed by atoms with van der Waals surface area (Å²) in [6.45, 7) is 0.173. The predicted octanol–water partition coefficient (Wildman–Crippen LogP) is 3.83. The lowest BCUT2D eigenvalue weighted by Crippen LogP contribution is -2.41. The standard InChI is InChI=1S/C21H22F2N2O5S2/c1-30-20(27)15-6-2-5-9-18(15)32(28,29)25-12-10-14(11-13-25)19(26)24-16-7-3-4-8-17(16)31-21(22)23/h2-9,14,21H,10-13H2,1H3,(H,24,26). The third-order valence-electron chi connectivity index (χ3n) is 5.10. The van der Waals surface area contributed by atoms with Gasteiger partial charge < -0.3 is 10.1 Å². The van der Waals surface area contributed by atoms with Crippen molar-refractivity contribution in [2.24, 2.45) is 5.92 Å². The van der Waals surface area contributed by atoms with E-state index in [0.29, 0.717) is 17.4 Å². The Morgan fingerprint density at radius 3 is 2.38 bits per heavy atom. The molecule has 0 bridgehead atoms. The van der Waals surface area contributed by atoms with Gasteiger partial charge in [-0.3, -0.25) is 4.79 Å². The number of halogens is 2. The number of nitrogens with one attached hydrogen (secondary N) is 1. The molecule has 0 aromatic heterocycles. The fourth-order valence-corrected chi connectivity index (χ4v) is 5.72. The van der Waals surface area contributed by atoms with Crippen molar-refractivity contribution in [2.45, 2.75) is 28.4 Å². The second-order valence-electron chi connectivity index (χ2n) is 7.03. The number of piperidine rings is 1. The number of ether oxygens (including phenoxy) is 1. The summed E-state index contributed by atoms with van der Waals surface area (Å²) in [4.78, 5) is 24.8. The van der Waals surface area contributed by atoms with Gasteiger partial charge >= 0.3 is 5.97 Å². The largest absolute Gasteiger partial charge is 0.465 e. The number of anilines is 1. The first kappa shape index (κ1) is 24.1. The van der Waals surface area contributed by atoms with Crippen molar-refractivity contribution in [3.8, 4) is 0 Å². The van der Waals surface area contributed by atoms with E-state index in [0.717, 1.165) is 0 Å². The van der Waals surface area contributed by atoms with Gasteiger partial charge in [0.25, 0.3) is 5.76 Å². The molecule has 11 heteroatoms. The lowest BCUT2D eigenvalue weighted by Gasteiger charge is -2.31. The quantitative estimate of drug-likeness (QED) is 0.474. The maximum Gasteiger partial charge on any atom is 0.339 e. The molecule has 32 heavy (non-hydrogen) atoms. The molecule has 0 saturated carbocycles. The van der Waals surface area contributed by atoms with E-state index >= 15 is 0 Å². The summed E-state index contributed by atoms with van der Waals surface area (Å²) in [7, 11) is -2.79. The van der Waals surface area contributed by atoms with Crippen LogP contribution in [-0.2, 0) is 19.6 Å². The summed E-state index contributed by atoms with van der Waals surface area (Å²) in [6, 6.07) is 12.1. The fraction of sp³-hybridized carbons (Fsp3) is 0.333. The highest BCUT2D eigenvalue weighted by molar-refractivity contribution is 7.99. The predicted molar refractivity (Wildman–Crippen MR) is 116 cm³/mol. The lowest BCUT2D eigenvalue weighted by molar-refractivity contribution is -0.120. The molecule has 1 fully saturated rings. The Morgan fingerprint density at radius 1 is 1.09 bits per heavy atom. The number of methoxy groups -OCH3 is 1. The number of para-hydroxylation sites is 1. The third-order valence-corrected chi connectivity index (χ3v) is 7.84. The molecule has 7 nitrogen and oxygen atoms in total. The van der Waals surface area contributed by atoms with Crippen LogP contribution in [0.1, 0.15) is 23.2 Å². The number of carbonyl (C=O) groups excluding carboxylic acids is 2. The van der Waals surface area contributed by atoms with E-state index in [1.54, 1.807) is 24.3 Å². The van der Waals surface area contributed by atoms with Crippen LogP contribution in [0.15, 0.2) is 58.3 Å². The molecule has 0 spiro atoms. The Morgan fingerprint density at radius 2 is 1.72 bits per heavy atom. The molecule has 2 aromatic carbocycles. The second-order valence-corrected chi connectivity index (χ2v) is 9.97. The van der Waals surface area contributed by atoms with Gasteiger partial charge in [0.15, 0.2) is 0 Å². The van der Waals surface area contributed by atoms with E-state index in [2.05, 4.69) is 10.1 Å². The molecule has 1 N–H and O–H groups in total. The third kappa shape index (κ3) is 5.45. The van der Waals surface area contributed by atoms with Crippen LogP contribution in [0.2, 0.25) is 0 Å². The molecule has 1 aliphatic rings. The zero-order chi connectivity index (χ0) is 23.3. The number of sulfonamides is 1. The van der Waals surface area contributed by atoms with E-state index in [1.165, 1.54) is 35.7 Å². The molecule has 2 aromatic rings. The summed E-state index contributed by atoms with van der Waals surface area (Å²) in [6.07, 6.45) is 0.519. The average molecular weight is 485 g/mol. The highest BCUT2D eigenvalue weighted by Crippen LogP contribution is 2.33. The monoisotopic (exact) mass is 484 g/mol. The van der Waals surface area contributed by atoms with Crippen LogP contribution < -0.4 is 5.32 Å². The Hall–Kier alpha value is -2.50. The van der Waals surface area contributed by atoms with Crippen LogP contribution in [-0.4, -0.2) is 50.6 Å². The summed E-state index contributed by atoms with van der Waals surface area (Å²) < 4.78 is 57.6. The van der Waals surface area contributed by atoms with Crippen LogP contribution in [0, 0.1) is 5.92 Å². The molecule has 1 heterocycles. The molecule has 1 amide bonds. The first-order valence-corrected chi connectivity index (χ1v) is 12.1. The summed E-state index contributed by atoms with van der Waals surface area (Å²) in [5.41, 5.74) is 0.243.